The van der Waals surface area contributed by atoms with Crippen LogP contribution in [0.2, 0.25) is 0 Å². The number of aliphatic hydroxyl groups is 1. The van der Waals surface area contributed by atoms with Gasteiger partial charge in [0.2, 0.25) is 0 Å². The second kappa shape index (κ2) is 8.93. The summed E-state index contributed by atoms with van der Waals surface area (Å²) in [5, 5.41) is 13.2. The molecule has 15 heavy (non-hydrogen) atoms. The zero-order valence-corrected chi connectivity index (χ0v) is 10.4. The molecule has 0 amide bonds. The van der Waals surface area contributed by atoms with E-state index < -0.39 is 5.60 Å². The molecule has 0 aromatic heterocycles. The van der Waals surface area contributed by atoms with Crippen molar-refractivity contribution in [2.45, 2.75) is 58.0 Å². The average molecular weight is 213 g/mol. The maximum atomic E-state index is 9.88. The molecule has 0 radical (unpaired) electrons. The normalized spacial score (nSPS) is 14.9. The van der Waals surface area contributed by atoms with Crippen molar-refractivity contribution in [2.75, 3.05) is 13.1 Å². The quantitative estimate of drug-likeness (QED) is 0.432. The van der Waals surface area contributed by atoms with E-state index in [4.69, 9.17) is 0 Å². The fraction of sp³-hybridized carbons (Fsp3) is 0.846. The van der Waals surface area contributed by atoms with Crippen molar-refractivity contribution in [1.82, 2.24) is 5.32 Å². The molecule has 90 valence electrons. The van der Waals surface area contributed by atoms with Crippen molar-refractivity contribution < 1.29 is 5.11 Å². The first kappa shape index (κ1) is 14.7. The van der Waals surface area contributed by atoms with Crippen molar-refractivity contribution in [3.63, 3.8) is 0 Å². The summed E-state index contributed by atoms with van der Waals surface area (Å²) >= 11 is 0. The molecule has 0 aromatic carbocycles. The Hall–Kier alpha value is -0.340. The van der Waals surface area contributed by atoms with E-state index in [9.17, 15) is 5.11 Å². The Morgan fingerprint density at radius 1 is 1.33 bits per heavy atom. The van der Waals surface area contributed by atoms with Crippen LogP contribution in [0.5, 0.6) is 0 Å². The Morgan fingerprint density at radius 2 is 2.07 bits per heavy atom. The van der Waals surface area contributed by atoms with Gasteiger partial charge in [-0.1, -0.05) is 25.8 Å². The molecule has 0 bridgehead atoms. The number of hydrogen-bond donors (Lipinski definition) is 2. The topological polar surface area (TPSA) is 32.3 Å². The maximum Gasteiger partial charge on any atom is 0.0743 e. The first-order valence-corrected chi connectivity index (χ1v) is 6.16. The lowest BCUT2D eigenvalue weighted by molar-refractivity contribution is 0.0502. The van der Waals surface area contributed by atoms with Gasteiger partial charge in [0.1, 0.15) is 0 Å². The monoisotopic (exact) mass is 213 g/mol. The average Bonchev–Trinajstić information content (AvgIpc) is 2.16. The molecule has 1 unspecified atom stereocenters. The van der Waals surface area contributed by atoms with E-state index in [0.29, 0.717) is 6.54 Å². The summed E-state index contributed by atoms with van der Waals surface area (Å²) in [6.07, 6.45) is 8.67. The summed E-state index contributed by atoms with van der Waals surface area (Å²) in [7, 11) is 0. The van der Waals surface area contributed by atoms with Crippen LogP contribution in [0.4, 0.5) is 0 Å². The summed E-state index contributed by atoms with van der Waals surface area (Å²) in [5.41, 5.74) is -0.532. The Morgan fingerprint density at radius 3 is 2.67 bits per heavy atom. The van der Waals surface area contributed by atoms with E-state index in [2.05, 4.69) is 18.8 Å². The molecule has 0 rings (SSSR count). The minimum Gasteiger partial charge on any atom is -0.389 e. The second-order valence-corrected chi connectivity index (χ2v) is 4.56. The van der Waals surface area contributed by atoms with Gasteiger partial charge in [-0.05, 0) is 39.2 Å². The molecule has 0 fully saturated rings. The zero-order chi connectivity index (χ0) is 11.6. The van der Waals surface area contributed by atoms with Gasteiger partial charge in [-0.3, -0.25) is 0 Å². The van der Waals surface area contributed by atoms with E-state index >= 15 is 0 Å². The molecule has 0 aromatic rings. The van der Waals surface area contributed by atoms with Gasteiger partial charge in [-0.2, -0.15) is 0 Å². The number of hydrogen-bond acceptors (Lipinski definition) is 2. The molecule has 0 heterocycles. The number of rotatable bonds is 10. The van der Waals surface area contributed by atoms with Crippen LogP contribution in [-0.2, 0) is 0 Å². The first-order valence-electron chi connectivity index (χ1n) is 6.16. The second-order valence-electron chi connectivity index (χ2n) is 4.56. The molecule has 0 aliphatic carbocycles. The van der Waals surface area contributed by atoms with Gasteiger partial charge in [0.15, 0.2) is 0 Å². The molecule has 0 aliphatic heterocycles. The van der Waals surface area contributed by atoms with E-state index in [1.807, 2.05) is 13.0 Å². The Balaban J connectivity index is 3.26. The van der Waals surface area contributed by atoms with Crippen LogP contribution in [0, 0.1) is 0 Å². The number of unbranched alkanes of at least 4 members (excludes halogenated alkanes) is 3. The molecule has 0 saturated heterocycles. The molecule has 0 spiro atoms. The Labute approximate surface area is 94.8 Å². The molecule has 2 nitrogen and oxygen atoms in total. The van der Waals surface area contributed by atoms with Gasteiger partial charge < -0.3 is 10.4 Å². The van der Waals surface area contributed by atoms with E-state index in [1.165, 1.54) is 19.3 Å². The van der Waals surface area contributed by atoms with Gasteiger partial charge in [-0.25, -0.2) is 0 Å². The highest BCUT2D eigenvalue weighted by atomic mass is 16.3. The van der Waals surface area contributed by atoms with Crippen LogP contribution < -0.4 is 5.32 Å². The third-order valence-corrected chi connectivity index (χ3v) is 2.56. The molecular formula is C13H27NO. The van der Waals surface area contributed by atoms with Gasteiger partial charge in [0.25, 0.3) is 0 Å². The standard InChI is InChI=1S/C13H27NO/c1-4-6-7-8-9-11-14-12-13(3,15)10-5-2/h4,14-15H,1,5-12H2,2-3H3. The fourth-order valence-electron chi connectivity index (χ4n) is 1.70. The SMILES string of the molecule is C=CCCCCCNCC(C)(O)CCC. The van der Waals surface area contributed by atoms with Gasteiger partial charge in [0, 0.05) is 6.54 Å². The lowest BCUT2D eigenvalue weighted by atomic mass is 10.0. The van der Waals surface area contributed by atoms with E-state index in [0.717, 1.165) is 25.8 Å². The largest absolute Gasteiger partial charge is 0.389 e. The fourth-order valence-corrected chi connectivity index (χ4v) is 1.70. The Kier molecular flexibility index (Phi) is 8.73. The number of nitrogens with one attached hydrogen (secondary N) is 1. The summed E-state index contributed by atoms with van der Waals surface area (Å²) in [4.78, 5) is 0. The van der Waals surface area contributed by atoms with Crippen molar-refractivity contribution in [1.29, 1.82) is 0 Å². The Bertz CT molecular complexity index is 155. The van der Waals surface area contributed by atoms with Crippen LogP contribution in [-0.4, -0.2) is 23.8 Å². The van der Waals surface area contributed by atoms with Crippen molar-refractivity contribution in [3.8, 4) is 0 Å². The van der Waals surface area contributed by atoms with Crippen LogP contribution in [0.15, 0.2) is 12.7 Å². The molecule has 2 N–H and O–H groups in total. The van der Waals surface area contributed by atoms with Crippen molar-refractivity contribution >= 4 is 0 Å². The van der Waals surface area contributed by atoms with Gasteiger partial charge >= 0.3 is 0 Å². The van der Waals surface area contributed by atoms with Gasteiger partial charge in [0.05, 0.1) is 5.60 Å². The van der Waals surface area contributed by atoms with Crippen LogP contribution in [0.3, 0.4) is 0 Å². The zero-order valence-electron chi connectivity index (χ0n) is 10.4. The minimum absolute atomic E-state index is 0.532. The molecular weight excluding hydrogens is 186 g/mol. The van der Waals surface area contributed by atoms with Crippen LogP contribution in [0.1, 0.15) is 52.4 Å². The highest BCUT2D eigenvalue weighted by molar-refractivity contribution is 4.74. The summed E-state index contributed by atoms with van der Waals surface area (Å²) < 4.78 is 0. The number of allylic oxidation sites excluding steroid dienone is 1. The van der Waals surface area contributed by atoms with Crippen LogP contribution in [0.25, 0.3) is 0 Å². The third kappa shape index (κ3) is 9.95. The molecule has 0 saturated carbocycles. The highest BCUT2D eigenvalue weighted by Gasteiger charge is 2.17. The van der Waals surface area contributed by atoms with E-state index in [1.54, 1.807) is 0 Å². The predicted molar refractivity (Wildman–Crippen MR) is 67.1 cm³/mol. The van der Waals surface area contributed by atoms with Crippen molar-refractivity contribution in [2.24, 2.45) is 0 Å². The minimum atomic E-state index is -0.532. The molecule has 1 atom stereocenters. The highest BCUT2D eigenvalue weighted by Crippen LogP contribution is 2.09. The van der Waals surface area contributed by atoms with Gasteiger partial charge in [-0.15, -0.1) is 6.58 Å². The predicted octanol–water partition coefficient (Wildman–Crippen LogP) is 2.87. The molecule has 2 heteroatoms. The smallest absolute Gasteiger partial charge is 0.0743 e. The lowest BCUT2D eigenvalue weighted by Crippen LogP contribution is -2.37. The van der Waals surface area contributed by atoms with Crippen molar-refractivity contribution in [3.05, 3.63) is 12.7 Å². The maximum absolute atomic E-state index is 9.88. The first-order chi connectivity index (χ1) is 7.12. The third-order valence-electron chi connectivity index (χ3n) is 2.56. The van der Waals surface area contributed by atoms with Crippen LogP contribution >= 0.6 is 0 Å². The summed E-state index contributed by atoms with van der Waals surface area (Å²) in [6, 6.07) is 0. The lowest BCUT2D eigenvalue weighted by Gasteiger charge is -2.22. The summed E-state index contributed by atoms with van der Waals surface area (Å²) in [5.74, 6) is 0. The summed E-state index contributed by atoms with van der Waals surface area (Å²) in [6.45, 7) is 9.43. The van der Waals surface area contributed by atoms with E-state index in [-0.39, 0.29) is 0 Å². The molecule has 0 aliphatic rings.